The second-order valence-corrected chi connectivity index (χ2v) is 8.52. The molecule has 0 radical (unpaired) electrons. The van der Waals surface area contributed by atoms with Crippen LogP contribution in [0.3, 0.4) is 0 Å². The minimum atomic E-state index is 0.142. The van der Waals surface area contributed by atoms with Gasteiger partial charge in [-0.05, 0) is 90.9 Å². The van der Waals surface area contributed by atoms with Gasteiger partial charge in [0.15, 0.2) is 0 Å². The number of likely N-dealkylation sites (tertiary alicyclic amines) is 1. The molecule has 4 nitrogen and oxygen atoms in total. The summed E-state index contributed by atoms with van der Waals surface area (Å²) in [6.45, 7) is 4.17. The van der Waals surface area contributed by atoms with E-state index in [2.05, 4.69) is 29.2 Å². The van der Waals surface area contributed by atoms with Gasteiger partial charge in [0.25, 0.3) is 0 Å². The largest absolute Gasteiger partial charge is 0.508 e. The van der Waals surface area contributed by atoms with E-state index >= 15 is 0 Å². The Morgan fingerprint density at radius 1 is 0.788 bits per heavy atom. The highest BCUT2D eigenvalue weighted by molar-refractivity contribution is 5.98. The van der Waals surface area contributed by atoms with Crippen LogP contribution in [-0.2, 0) is 0 Å². The van der Waals surface area contributed by atoms with E-state index in [-0.39, 0.29) is 12.4 Å². The lowest BCUT2D eigenvalue weighted by atomic mass is 9.87. The van der Waals surface area contributed by atoms with E-state index in [1.54, 1.807) is 12.1 Å². The van der Waals surface area contributed by atoms with Crippen LogP contribution in [0.25, 0.3) is 11.1 Å². The standard InChI is InChI=1S/C29H33NO3/c31-21-6-9-28(23-7-2-1-3-8-23)29(24-10-14-26(32)15-11-24)25-12-16-27(17-13-25)33-22-20-30-18-4-5-19-30/h1-3,7-8,10-17,31-32H,4-6,9,18-22H2/b29-28-. The molecule has 0 aromatic heterocycles. The van der Waals surface area contributed by atoms with Crippen molar-refractivity contribution in [3.8, 4) is 11.5 Å². The third-order valence-corrected chi connectivity index (χ3v) is 6.18. The highest BCUT2D eigenvalue weighted by Gasteiger charge is 2.15. The van der Waals surface area contributed by atoms with Gasteiger partial charge in [0.2, 0.25) is 0 Å². The van der Waals surface area contributed by atoms with Crippen molar-refractivity contribution in [1.82, 2.24) is 4.90 Å². The van der Waals surface area contributed by atoms with E-state index < -0.39 is 0 Å². The molecule has 4 heteroatoms. The van der Waals surface area contributed by atoms with E-state index in [0.29, 0.717) is 13.0 Å². The third kappa shape index (κ3) is 6.25. The molecule has 0 saturated carbocycles. The van der Waals surface area contributed by atoms with Crippen LogP contribution >= 0.6 is 0 Å². The number of allylic oxidation sites excluding steroid dienone is 1. The molecule has 1 aliphatic rings. The van der Waals surface area contributed by atoms with Crippen molar-refractivity contribution in [2.75, 3.05) is 32.8 Å². The Labute approximate surface area is 196 Å². The Balaban J connectivity index is 1.65. The average molecular weight is 444 g/mol. The van der Waals surface area contributed by atoms with Crippen LogP contribution in [0.2, 0.25) is 0 Å². The predicted octanol–water partition coefficient (Wildman–Crippen LogP) is 5.60. The Kier molecular flexibility index (Phi) is 8.18. The Morgan fingerprint density at radius 2 is 1.42 bits per heavy atom. The van der Waals surface area contributed by atoms with Crippen LogP contribution in [0.5, 0.6) is 11.5 Å². The van der Waals surface area contributed by atoms with Crippen LogP contribution in [0, 0.1) is 0 Å². The van der Waals surface area contributed by atoms with Crippen molar-refractivity contribution in [1.29, 1.82) is 0 Å². The molecule has 0 atom stereocenters. The summed E-state index contributed by atoms with van der Waals surface area (Å²) in [4.78, 5) is 2.45. The van der Waals surface area contributed by atoms with Crippen molar-refractivity contribution in [2.45, 2.75) is 25.7 Å². The van der Waals surface area contributed by atoms with E-state index in [1.807, 2.05) is 42.5 Å². The number of nitrogens with zero attached hydrogens (tertiary/aromatic N) is 1. The molecule has 2 N–H and O–H groups in total. The summed E-state index contributed by atoms with van der Waals surface area (Å²) in [6.07, 6.45) is 4.02. The van der Waals surface area contributed by atoms with Crippen LogP contribution in [0.1, 0.15) is 42.4 Å². The number of benzene rings is 3. The summed E-state index contributed by atoms with van der Waals surface area (Å²) in [6, 6.07) is 26.0. The smallest absolute Gasteiger partial charge is 0.119 e. The van der Waals surface area contributed by atoms with Crippen molar-refractivity contribution in [3.05, 3.63) is 95.6 Å². The number of phenolic OH excluding ortho intramolecular Hbond substituents is 1. The van der Waals surface area contributed by atoms with Gasteiger partial charge in [0.05, 0.1) is 0 Å². The van der Waals surface area contributed by atoms with Crippen molar-refractivity contribution in [3.63, 3.8) is 0 Å². The summed E-state index contributed by atoms with van der Waals surface area (Å²) in [5.41, 5.74) is 5.55. The fourth-order valence-corrected chi connectivity index (χ4v) is 4.47. The minimum Gasteiger partial charge on any atom is -0.508 e. The van der Waals surface area contributed by atoms with Crippen LogP contribution in [0.4, 0.5) is 0 Å². The van der Waals surface area contributed by atoms with Gasteiger partial charge in [-0.2, -0.15) is 0 Å². The molecule has 0 unspecified atom stereocenters. The maximum atomic E-state index is 9.83. The summed E-state index contributed by atoms with van der Waals surface area (Å²) >= 11 is 0. The Hall–Kier alpha value is -3.08. The van der Waals surface area contributed by atoms with Gasteiger partial charge >= 0.3 is 0 Å². The second kappa shape index (κ2) is 11.7. The van der Waals surface area contributed by atoms with Gasteiger partial charge in [-0.1, -0.05) is 54.6 Å². The average Bonchev–Trinajstić information content (AvgIpc) is 3.37. The summed E-state index contributed by atoms with van der Waals surface area (Å²) in [5.74, 6) is 1.12. The number of hydrogen-bond acceptors (Lipinski definition) is 4. The quantitative estimate of drug-likeness (QED) is 0.401. The number of ether oxygens (including phenoxy) is 1. The number of aliphatic hydroxyl groups is 1. The number of hydrogen-bond donors (Lipinski definition) is 2. The van der Waals surface area contributed by atoms with E-state index in [4.69, 9.17) is 4.74 Å². The normalized spacial score (nSPS) is 14.8. The summed E-state index contributed by atoms with van der Waals surface area (Å²) < 4.78 is 6.01. The van der Waals surface area contributed by atoms with E-state index in [0.717, 1.165) is 41.0 Å². The molecule has 4 rings (SSSR count). The first-order valence-electron chi connectivity index (χ1n) is 11.9. The first-order valence-corrected chi connectivity index (χ1v) is 11.9. The Morgan fingerprint density at radius 3 is 2.06 bits per heavy atom. The number of rotatable bonds is 10. The molecule has 0 aliphatic carbocycles. The fourth-order valence-electron chi connectivity index (χ4n) is 4.47. The van der Waals surface area contributed by atoms with Gasteiger partial charge < -0.3 is 14.9 Å². The molecule has 0 bridgehead atoms. The molecular formula is C29H33NO3. The molecule has 1 aliphatic heterocycles. The molecule has 1 fully saturated rings. The zero-order chi connectivity index (χ0) is 22.9. The lowest BCUT2D eigenvalue weighted by Gasteiger charge is -2.18. The minimum absolute atomic E-state index is 0.142. The third-order valence-electron chi connectivity index (χ3n) is 6.18. The maximum Gasteiger partial charge on any atom is 0.119 e. The topological polar surface area (TPSA) is 52.9 Å². The highest BCUT2D eigenvalue weighted by atomic mass is 16.5. The maximum absolute atomic E-state index is 9.83. The van der Waals surface area contributed by atoms with Crippen LogP contribution < -0.4 is 4.74 Å². The number of phenols is 1. The first kappa shape index (κ1) is 23.1. The van der Waals surface area contributed by atoms with Crippen molar-refractivity contribution in [2.24, 2.45) is 0 Å². The second-order valence-electron chi connectivity index (χ2n) is 8.52. The molecule has 0 amide bonds. The molecular weight excluding hydrogens is 410 g/mol. The molecule has 3 aromatic carbocycles. The van der Waals surface area contributed by atoms with Crippen LogP contribution in [-0.4, -0.2) is 48.0 Å². The number of aromatic hydroxyl groups is 1. The predicted molar refractivity (Wildman–Crippen MR) is 134 cm³/mol. The lowest BCUT2D eigenvalue weighted by molar-refractivity contribution is 0.238. The monoisotopic (exact) mass is 443 g/mol. The van der Waals surface area contributed by atoms with Crippen molar-refractivity contribution >= 4 is 11.1 Å². The molecule has 0 spiro atoms. The SMILES string of the molecule is OCCC/C(=C(\c1ccc(O)cc1)c1ccc(OCCN2CCCC2)cc1)c1ccccc1. The fraction of sp³-hybridized carbons (Fsp3) is 0.310. The van der Waals surface area contributed by atoms with Crippen LogP contribution in [0.15, 0.2) is 78.9 Å². The van der Waals surface area contributed by atoms with Gasteiger partial charge in [-0.3, -0.25) is 4.90 Å². The molecule has 3 aromatic rings. The molecule has 33 heavy (non-hydrogen) atoms. The van der Waals surface area contributed by atoms with E-state index in [1.165, 1.54) is 31.5 Å². The number of aliphatic hydroxyl groups excluding tert-OH is 1. The van der Waals surface area contributed by atoms with Crippen molar-refractivity contribution < 1.29 is 14.9 Å². The Bertz CT molecular complexity index is 1020. The zero-order valence-corrected chi connectivity index (χ0v) is 19.1. The summed E-state index contributed by atoms with van der Waals surface area (Å²) in [7, 11) is 0. The highest BCUT2D eigenvalue weighted by Crippen LogP contribution is 2.36. The van der Waals surface area contributed by atoms with Gasteiger partial charge in [-0.15, -0.1) is 0 Å². The van der Waals surface area contributed by atoms with Gasteiger partial charge in [0, 0.05) is 13.2 Å². The van der Waals surface area contributed by atoms with Gasteiger partial charge in [0.1, 0.15) is 18.1 Å². The molecule has 1 saturated heterocycles. The van der Waals surface area contributed by atoms with Gasteiger partial charge in [-0.25, -0.2) is 0 Å². The lowest BCUT2D eigenvalue weighted by Crippen LogP contribution is -2.25. The molecule has 1 heterocycles. The molecule has 172 valence electrons. The zero-order valence-electron chi connectivity index (χ0n) is 19.1. The first-order chi connectivity index (χ1) is 16.2. The summed E-state index contributed by atoms with van der Waals surface area (Å²) in [5, 5.41) is 19.4. The van der Waals surface area contributed by atoms with E-state index in [9.17, 15) is 10.2 Å².